The lowest BCUT2D eigenvalue weighted by Crippen LogP contribution is -2.14. The molecule has 0 aliphatic rings. The van der Waals surface area contributed by atoms with Gasteiger partial charge >= 0.3 is 0 Å². The molecule has 0 aliphatic carbocycles. The van der Waals surface area contributed by atoms with Crippen molar-refractivity contribution in [3.63, 3.8) is 0 Å². The van der Waals surface area contributed by atoms with Crippen molar-refractivity contribution in [1.82, 2.24) is 4.98 Å². The first kappa shape index (κ1) is 13.2. The molecule has 4 nitrogen and oxygen atoms in total. The number of anilines is 1. The van der Waals surface area contributed by atoms with Gasteiger partial charge in [-0.3, -0.25) is 4.79 Å². The summed E-state index contributed by atoms with van der Waals surface area (Å²) in [6, 6.07) is 11.1. The van der Waals surface area contributed by atoms with Crippen LogP contribution < -0.4 is 10.1 Å². The zero-order valence-corrected chi connectivity index (χ0v) is 11.1. The molecule has 2 rings (SSSR count). The number of hydrogen-bond donors (Lipinski definition) is 2. The van der Waals surface area contributed by atoms with E-state index in [4.69, 9.17) is 4.74 Å². The lowest BCUT2D eigenvalue weighted by atomic mass is 10.2. The Balaban J connectivity index is 1.90. The summed E-state index contributed by atoms with van der Waals surface area (Å²) in [7, 11) is 0. The maximum Gasteiger partial charge on any atom is 0.230 e. The van der Waals surface area contributed by atoms with E-state index in [0.29, 0.717) is 6.42 Å². The van der Waals surface area contributed by atoms with E-state index < -0.39 is 0 Å². The number of benzene rings is 1. The zero-order chi connectivity index (χ0) is 13.7. The van der Waals surface area contributed by atoms with Crippen LogP contribution in [0.5, 0.6) is 5.75 Å². The van der Waals surface area contributed by atoms with Crippen LogP contribution in [0.3, 0.4) is 0 Å². The van der Waals surface area contributed by atoms with Crippen molar-refractivity contribution in [2.75, 3.05) is 5.32 Å². The van der Waals surface area contributed by atoms with Gasteiger partial charge in [0.2, 0.25) is 5.91 Å². The normalized spacial score (nSPS) is 10.5. The molecule has 0 radical (unpaired) electrons. The molecule has 0 unspecified atom stereocenters. The van der Waals surface area contributed by atoms with E-state index in [-0.39, 0.29) is 12.0 Å². The summed E-state index contributed by atoms with van der Waals surface area (Å²) in [5, 5.41) is 2.85. The van der Waals surface area contributed by atoms with Gasteiger partial charge in [-0.15, -0.1) is 0 Å². The summed E-state index contributed by atoms with van der Waals surface area (Å²) >= 11 is 0. The van der Waals surface area contributed by atoms with E-state index >= 15 is 0 Å². The van der Waals surface area contributed by atoms with Crippen molar-refractivity contribution in [3.8, 4) is 5.75 Å². The molecule has 0 saturated heterocycles. The van der Waals surface area contributed by atoms with Crippen molar-refractivity contribution >= 4 is 11.6 Å². The number of aromatic amines is 1. The van der Waals surface area contributed by atoms with Gasteiger partial charge < -0.3 is 15.0 Å². The van der Waals surface area contributed by atoms with Crippen molar-refractivity contribution in [1.29, 1.82) is 0 Å². The summed E-state index contributed by atoms with van der Waals surface area (Å²) in [5.41, 5.74) is 1.67. The number of amides is 1. The molecule has 100 valence electrons. The van der Waals surface area contributed by atoms with Gasteiger partial charge in [-0.05, 0) is 50.2 Å². The molecule has 2 aromatic rings. The number of carbonyl (C=O) groups is 1. The molecular formula is C15H18N2O2. The minimum Gasteiger partial charge on any atom is -0.491 e. The first-order valence-corrected chi connectivity index (χ1v) is 6.32. The molecule has 1 heterocycles. The maximum absolute atomic E-state index is 11.8. The third kappa shape index (κ3) is 4.17. The predicted molar refractivity (Wildman–Crippen MR) is 75.3 cm³/mol. The number of ether oxygens (including phenoxy) is 1. The molecule has 0 saturated carbocycles. The SMILES string of the molecule is CC(C)Oc1ccc(NC(=O)Cc2ccc[nH]2)cc1. The minimum atomic E-state index is -0.0417. The quantitative estimate of drug-likeness (QED) is 0.866. The lowest BCUT2D eigenvalue weighted by molar-refractivity contribution is -0.115. The van der Waals surface area contributed by atoms with Crippen LogP contribution in [0.25, 0.3) is 0 Å². The number of H-pyrrole nitrogens is 1. The Morgan fingerprint density at radius 2 is 2.00 bits per heavy atom. The molecule has 19 heavy (non-hydrogen) atoms. The largest absolute Gasteiger partial charge is 0.491 e. The average Bonchev–Trinajstić information content (AvgIpc) is 2.83. The number of hydrogen-bond acceptors (Lipinski definition) is 2. The fourth-order valence-corrected chi connectivity index (χ4v) is 1.74. The molecule has 0 fully saturated rings. The van der Waals surface area contributed by atoms with E-state index in [1.165, 1.54) is 0 Å². The van der Waals surface area contributed by atoms with Crippen LogP contribution in [-0.4, -0.2) is 17.0 Å². The highest BCUT2D eigenvalue weighted by Crippen LogP contribution is 2.17. The number of carbonyl (C=O) groups excluding carboxylic acids is 1. The van der Waals surface area contributed by atoms with Crippen molar-refractivity contribution in [2.24, 2.45) is 0 Å². The number of nitrogens with one attached hydrogen (secondary N) is 2. The first-order chi connectivity index (χ1) is 9.13. The summed E-state index contributed by atoms with van der Waals surface area (Å²) in [5.74, 6) is 0.761. The molecule has 2 N–H and O–H groups in total. The predicted octanol–water partition coefficient (Wildman–Crippen LogP) is 2.98. The highest BCUT2D eigenvalue weighted by Gasteiger charge is 2.05. The third-order valence-corrected chi connectivity index (χ3v) is 2.52. The highest BCUT2D eigenvalue weighted by molar-refractivity contribution is 5.92. The van der Waals surface area contributed by atoms with E-state index in [2.05, 4.69) is 10.3 Å². The Bertz CT molecular complexity index is 516. The van der Waals surface area contributed by atoms with Crippen LogP contribution in [0.15, 0.2) is 42.6 Å². The van der Waals surface area contributed by atoms with Gasteiger partial charge in [-0.2, -0.15) is 0 Å². The smallest absolute Gasteiger partial charge is 0.230 e. The van der Waals surface area contributed by atoms with Gasteiger partial charge in [0.1, 0.15) is 5.75 Å². The average molecular weight is 258 g/mol. The fraction of sp³-hybridized carbons (Fsp3) is 0.267. The molecule has 1 aromatic heterocycles. The van der Waals surface area contributed by atoms with Crippen LogP contribution in [0, 0.1) is 0 Å². The van der Waals surface area contributed by atoms with Crippen molar-refractivity contribution in [3.05, 3.63) is 48.3 Å². The molecular weight excluding hydrogens is 240 g/mol. The Kier molecular flexibility index (Phi) is 4.23. The summed E-state index contributed by atoms with van der Waals surface area (Å²) in [6.45, 7) is 3.96. The van der Waals surface area contributed by atoms with E-state index in [1.54, 1.807) is 6.20 Å². The van der Waals surface area contributed by atoms with Gasteiger partial charge in [0.15, 0.2) is 0 Å². The molecule has 0 atom stereocenters. The van der Waals surface area contributed by atoms with Crippen LogP contribution in [0.1, 0.15) is 19.5 Å². The number of aromatic nitrogens is 1. The summed E-state index contributed by atoms with van der Waals surface area (Å²) < 4.78 is 5.54. The van der Waals surface area contributed by atoms with Crippen LogP contribution >= 0.6 is 0 Å². The van der Waals surface area contributed by atoms with Gasteiger partial charge in [-0.1, -0.05) is 0 Å². The Hall–Kier alpha value is -2.23. The standard InChI is InChI=1S/C15H18N2O2/c1-11(2)19-14-7-5-12(6-8-14)17-15(18)10-13-4-3-9-16-13/h3-9,11,16H,10H2,1-2H3,(H,17,18). The Labute approximate surface area is 112 Å². The lowest BCUT2D eigenvalue weighted by Gasteiger charge is -2.10. The van der Waals surface area contributed by atoms with Gasteiger partial charge in [0, 0.05) is 17.6 Å². The van der Waals surface area contributed by atoms with E-state index in [9.17, 15) is 4.79 Å². The Morgan fingerprint density at radius 3 is 2.58 bits per heavy atom. The topological polar surface area (TPSA) is 54.1 Å². The van der Waals surface area contributed by atoms with Crippen molar-refractivity contribution < 1.29 is 9.53 Å². The molecule has 0 spiro atoms. The maximum atomic E-state index is 11.8. The number of rotatable bonds is 5. The molecule has 1 aromatic carbocycles. The summed E-state index contributed by atoms with van der Waals surface area (Å²) in [4.78, 5) is 14.8. The zero-order valence-electron chi connectivity index (χ0n) is 11.1. The van der Waals surface area contributed by atoms with E-state index in [1.807, 2.05) is 50.2 Å². The monoisotopic (exact) mass is 258 g/mol. The van der Waals surface area contributed by atoms with Gasteiger partial charge in [0.05, 0.1) is 12.5 Å². The Morgan fingerprint density at radius 1 is 1.26 bits per heavy atom. The van der Waals surface area contributed by atoms with Gasteiger partial charge in [-0.25, -0.2) is 0 Å². The first-order valence-electron chi connectivity index (χ1n) is 6.32. The third-order valence-electron chi connectivity index (χ3n) is 2.52. The molecule has 4 heteroatoms. The summed E-state index contributed by atoms with van der Waals surface area (Å²) in [6.07, 6.45) is 2.30. The van der Waals surface area contributed by atoms with E-state index in [0.717, 1.165) is 17.1 Å². The second-order valence-electron chi connectivity index (χ2n) is 4.61. The van der Waals surface area contributed by atoms with Crippen molar-refractivity contribution in [2.45, 2.75) is 26.4 Å². The van der Waals surface area contributed by atoms with Crippen LogP contribution in [0.2, 0.25) is 0 Å². The second-order valence-corrected chi connectivity index (χ2v) is 4.61. The minimum absolute atomic E-state index is 0.0417. The second kappa shape index (κ2) is 6.09. The van der Waals surface area contributed by atoms with Gasteiger partial charge in [0.25, 0.3) is 0 Å². The molecule has 0 aliphatic heterocycles. The molecule has 0 bridgehead atoms. The van der Waals surface area contributed by atoms with Crippen LogP contribution in [-0.2, 0) is 11.2 Å². The fourth-order valence-electron chi connectivity index (χ4n) is 1.74. The molecule has 1 amide bonds. The highest BCUT2D eigenvalue weighted by atomic mass is 16.5. The van der Waals surface area contributed by atoms with Crippen LogP contribution in [0.4, 0.5) is 5.69 Å².